The molecule has 0 saturated heterocycles. The minimum atomic E-state index is 0.735. The second kappa shape index (κ2) is 6.77. The highest BCUT2D eigenvalue weighted by Gasteiger charge is 2.09. The molecule has 0 aliphatic rings. The highest BCUT2D eigenvalue weighted by Crippen LogP contribution is 2.38. The van der Waals surface area contributed by atoms with Gasteiger partial charge in [0.05, 0.1) is 16.1 Å². The molecule has 100 valence electrons. The van der Waals surface area contributed by atoms with E-state index in [1.807, 2.05) is 36.4 Å². The summed E-state index contributed by atoms with van der Waals surface area (Å²) in [6.45, 7) is 0. The van der Waals surface area contributed by atoms with Crippen LogP contribution in [-0.2, 0) is 5.33 Å². The zero-order chi connectivity index (χ0) is 13.8. The molecule has 2 aromatic carbocycles. The van der Waals surface area contributed by atoms with Crippen LogP contribution in [0.3, 0.4) is 0 Å². The van der Waals surface area contributed by atoms with Crippen LogP contribution in [0.2, 0.25) is 0 Å². The second-order valence-corrected chi connectivity index (χ2v) is 6.07. The first-order chi connectivity index (χ1) is 9.13. The van der Waals surface area contributed by atoms with Crippen LogP contribution < -0.4 is 9.47 Å². The van der Waals surface area contributed by atoms with E-state index in [1.165, 1.54) is 5.56 Å². The Morgan fingerprint density at radius 3 is 2.11 bits per heavy atom. The molecule has 0 aliphatic heterocycles. The fourth-order valence-corrected chi connectivity index (χ4v) is 2.78. The first-order valence-corrected chi connectivity index (χ1v) is 8.20. The van der Waals surface area contributed by atoms with Crippen molar-refractivity contribution in [3.05, 3.63) is 50.9 Å². The maximum atomic E-state index is 5.84. The zero-order valence-electron chi connectivity index (χ0n) is 10.1. The summed E-state index contributed by atoms with van der Waals surface area (Å²) < 4.78 is 12.8. The van der Waals surface area contributed by atoms with Crippen molar-refractivity contribution >= 4 is 47.8 Å². The van der Waals surface area contributed by atoms with Crippen molar-refractivity contribution in [2.45, 2.75) is 5.33 Å². The van der Waals surface area contributed by atoms with Gasteiger partial charge in [-0.3, -0.25) is 0 Å². The van der Waals surface area contributed by atoms with Gasteiger partial charge in [-0.15, -0.1) is 0 Å². The highest BCUT2D eigenvalue weighted by atomic mass is 79.9. The summed E-state index contributed by atoms with van der Waals surface area (Å²) >= 11 is 10.3. The van der Waals surface area contributed by atoms with Gasteiger partial charge in [-0.25, -0.2) is 0 Å². The fourth-order valence-electron chi connectivity index (χ4n) is 1.52. The quantitative estimate of drug-likeness (QED) is 0.539. The highest BCUT2D eigenvalue weighted by molar-refractivity contribution is 9.11. The number of methoxy groups -OCH3 is 1. The molecule has 0 spiro atoms. The van der Waals surface area contributed by atoms with Crippen LogP contribution in [0.5, 0.6) is 17.2 Å². The van der Waals surface area contributed by atoms with Crippen molar-refractivity contribution in [2.24, 2.45) is 0 Å². The average molecular weight is 451 g/mol. The lowest BCUT2D eigenvalue weighted by atomic mass is 10.2. The summed E-state index contributed by atoms with van der Waals surface area (Å²) in [5, 5.41) is 0.838. The van der Waals surface area contributed by atoms with Gasteiger partial charge in [0, 0.05) is 5.33 Å². The number of ether oxygens (including phenoxy) is 2. The lowest BCUT2D eigenvalue weighted by molar-refractivity contribution is 0.409. The number of rotatable bonds is 4. The van der Waals surface area contributed by atoms with Gasteiger partial charge < -0.3 is 9.47 Å². The van der Waals surface area contributed by atoms with Gasteiger partial charge >= 0.3 is 0 Å². The van der Waals surface area contributed by atoms with E-state index in [9.17, 15) is 0 Å². The molecular weight excluding hydrogens is 440 g/mol. The molecule has 2 rings (SSSR count). The third kappa shape index (κ3) is 3.74. The molecule has 0 N–H and O–H groups in total. The number of benzene rings is 2. The standard InChI is InChI=1S/C14H11Br3O2/c1-18-13-6-12(17)14(7-11(13)16)19-10-4-2-9(8-15)3-5-10/h2-7H,8H2,1H3. The molecular formula is C14H11Br3O2. The SMILES string of the molecule is COc1cc(Br)c(Oc2ccc(CBr)cc2)cc1Br. The molecule has 5 heteroatoms. The molecule has 0 atom stereocenters. The molecule has 2 aromatic rings. The number of alkyl halides is 1. The minimum Gasteiger partial charge on any atom is -0.496 e. The zero-order valence-corrected chi connectivity index (χ0v) is 14.9. The predicted octanol–water partition coefficient (Wildman–Crippen LogP) is 5.91. The molecule has 0 saturated carbocycles. The van der Waals surface area contributed by atoms with E-state index in [2.05, 4.69) is 47.8 Å². The summed E-state index contributed by atoms with van der Waals surface area (Å²) in [7, 11) is 1.63. The molecule has 19 heavy (non-hydrogen) atoms. The lowest BCUT2D eigenvalue weighted by Gasteiger charge is -2.11. The Hall–Kier alpha value is -0.520. The number of halogens is 3. The van der Waals surface area contributed by atoms with Crippen molar-refractivity contribution < 1.29 is 9.47 Å². The summed E-state index contributed by atoms with van der Waals surface area (Å²) in [4.78, 5) is 0. The largest absolute Gasteiger partial charge is 0.496 e. The predicted molar refractivity (Wildman–Crippen MR) is 87.5 cm³/mol. The van der Waals surface area contributed by atoms with E-state index >= 15 is 0 Å². The molecule has 0 heterocycles. The minimum absolute atomic E-state index is 0.735. The Bertz CT molecular complexity index is 568. The Balaban J connectivity index is 2.25. The molecule has 0 aliphatic carbocycles. The third-order valence-corrected chi connectivity index (χ3v) is 4.40. The van der Waals surface area contributed by atoms with Gasteiger partial charge in [0.2, 0.25) is 0 Å². The van der Waals surface area contributed by atoms with E-state index in [1.54, 1.807) is 7.11 Å². The van der Waals surface area contributed by atoms with E-state index in [0.29, 0.717) is 0 Å². The molecule has 0 aromatic heterocycles. The van der Waals surface area contributed by atoms with Crippen molar-refractivity contribution in [2.75, 3.05) is 7.11 Å². The maximum absolute atomic E-state index is 5.84. The van der Waals surface area contributed by atoms with Gasteiger partial charge in [0.1, 0.15) is 17.2 Å². The van der Waals surface area contributed by atoms with Crippen molar-refractivity contribution in [1.29, 1.82) is 0 Å². The Morgan fingerprint density at radius 2 is 1.53 bits per heavy atom. The van der Waals surface area contributed by atoms with E-state index < -0.39 is 0 Å². The van der Waals surface area contributed by atoms with Crippen LogP contribution in [0, 0.1) is 0 Å². The van der Waals surface area contributed by atoms with Crippen molar-refractivity contribution in [3.63, 3.8) is 0 Å². The number of hydrogen-bond donors (Lipinski definition) is 0. The van der Waals surface area contributed by atoms with Crippen LogP contribution >= 0.6 is 47.8 Å². The maximum Gasteiger partial charge on any atom is 0.143 e. The molecule has 0 bridgehead atoms. The summed E-state index contributed by atoms with van der Waals surface area (Å²) in [5.74, 6) is 2.29. The molecule has 2 nitrogen and oxygen atoms in total. The molecule has 0 fully saturated rings. The van der Waals surface area contributed by atoms with Crippen molar-refractivity contribution in [1.82, 2.24) is 0 Å². The van der Waals surface area contributed by atoms with Crippen LogP contribution in [-0.4, -0.2) is 7.11 Å². The van der Waals surface area contributed by atoms with Crippen LogP contribution in [0.25, 0.3) is 0 Å². The van der Waals surface area contributed by atoms with Gasteiger partial charge in [0.15, 0.2) is 0 Å². The van der Waals surface area contributed by atoms with E-state index in [0.717, 1.165) is 31.5 Å². The summed E-state index contributed by atoms with van der Waals surface area (Å²) in [6, 6.07) is 11.7. The van der Waals surface area contributed by atoms with E-state index in [-0.39, 0.29) is 0 Å². The average Bonchev–Trinajstić information content (AvgIpc) is 2.43. The van der Waals surface area contributed by atoms with Gasteiger partial charge in [0.25, 0.3) is 0 Å². The van der Waals surface area contributed by atoms with Crippen molar-refractivity contribution in [3.8, 4) is 17.2 Å². The summed E-state index contributed by atoms with van der Waals surface area (Å²) in [5.41, 5.74) is 1.21. The molecule has 0 amide bonds. The summed E-state index contributed by atoms with van der Waals surface area (Å²) in [6.07, 6.45) is 0. The smallest absolute Gasteiger partial charge is 0.143 e. The molecule has 0 radical (unpaired) electrons. The fraction of sp³-hybridized carbons (Fsp3) is 0.143. The number of hydrogen-bond acceptors (Lipinski definition) is 2. The Kier molecular flexibility index (Phi) is 5.30. The first-order valence-electron chi connectivity index (χ1n) is 5.50. The Labute approximate surface area is 137 Å². The van der Waals surface area contributed by atoms with Gasteiger partial charge in [-0.1, -0.05) is 28.1 Å². The van der Waals surface area contributed by atoms with E-state index in [4.69, 9.17) is 9.47 Å². The third-order valence-electron chi connectivity index (χ3n) is 2.51. The van der Waals surface area contributed by atoms with Crippen LogP contribution in [0.15, 0.2) is 45.3 Å². The van der Waals surface area contributed by atoms with Crippen LogP contribution in [0.4, 0.5) is 0 Å². The van der Waals surface area contributed by atoms with Crippen LogP contribution in [0.1, 0.15) is 5.56 Å². The Morgan fingerprint density at radius 1 is 0.947 bits per heavy atom. The topological polar surface area (TPSA) is 18.5 Å². The van der Waals surface area contributed by atoms with Gasteiger partial charge in [-0.05, 0) is 61.7 Å². The molecule has 0 unspecified atom stereocenters. The second-order valence-electron chi connectivity index (χ2n) is 3.80. The lowest BCUT2D eigenvalue weighted by Crippen LogP contribution is -1.89. The first kappa shape index (κ1) is 14.9. The normalized spacial score (nSPS) is 10.3. The monoisotopic (exact) mass is 448 g/mol. The van der Waals surface area contributed by atoms with Gasteiger partial charge in [-0.2, -0.15) is 0 Å².